The summed E-state index contributed by atoms with van der Waals surface area (Å²) in [6.45, 7) is 1.96. The third kappa shape index (κ3) is 2.46. The Labute approximate surface area is 119 Å². The SMILES string of the molecule is Cc1ccc2oc(-c3ccc(C(F)(F)F)cc3N)cc2c1. The lowest BCUT2D eigenvalue weighted by Gasteiger charge is -2.09. The zero-order valence-electron chi connectivity index (χ0n) is 11.2. The van der Waals surface area contributed by atoms with Crippen LogP contribution in [0.2, 0.25) is 0 Å². The van der Waals surface area contributed by atoms with Gasteiger partial charge in [0, 0.05) is 16.6 Å². The molecule has 5 heteroatoms. The van der Waals surface area contributed by atoms with E-state index in [1.54, 1.807) is 6.07 Å². The molecule has 0 saturated heterocycles. The highest BCUT2D eigenvalue weighted by atomic mass is 19.4. The minimum absolute atomic E-state index is 0.0422. The second-order valence-electron chi connectivity index (χ2n) is 4.95. The Bertz CT molecular complexity index is 818. The molecule has 3 aromatic rings. The Morgan fingerprint density at radius 1 is 1.00 bits per heavy atom. The molecule has 0 radical (unpaired) electrons. The minimum atomic E-state index is -4.41. The maximum absolute atomic E-state index is 12.6. The maximum Gasteiger partial charge on any atom is 0.416 e. The fourth-order valence-corrected chi connectivity index (χ4v) is 2.26. The number of halogens is 3. The van der Waals surface area contributed by atoms with Crippen LogP contribution in [-0.2, 0) is 6.18 Å². The number of fused-ring (bicyclic) bond motifs is 1. The smallest absolute Gasteiger partial charge is 0.416 e. The molecule has 2 nitrogen and oxygen atoms in total. The third-order valence-corrected chi connectivity index (χ3v) is 3.32. The first-order chi connectivity index (χ1) is 9.84. The van der Waals surface area contributed by atoms with Crippen molar-refractivity contribution in [1.82, 2.24) is 0 Å². The maximum atomic E-state index is 12.6. The van der Waals surface area contributed by atoms with Gasteiger partial charge in [-0.1, -0.05) is 11.6 Å². The Morgan fingerprint density at radius 2 is 1.76 bits per heavy atom. The third-order valence-electron chi connectivity index (χ3n) is 3.32. The van der Waals surface area contributed by atoms with Crippen LogP contribution in [0.5, 0.6) is 0 Å². The summed E-state index contributed by atoms with van der Waals surface area (Å²) in [5.74, 6) is 0.460. The molecule has 0 saturated carbocycles. The molecule has 0 aliphatic rings. The van der Waals surface area contributed by atoms with E-state index in [-0.39, 0.29) is 5.69 Å². The van der Waals surface area contributed by atoms with E-state index < -0.39 is 11.7 Å². The molecule has 1 heterocycles. The van der Waals surface area contributed by atoms with Crippen molar-refractivity contribution in [2.24, 2.45) is 0 Å². The van der Waals surface area contributed by atoms with Gasteiger partial charge in [0.15, 0.2) is 0 Å². The fourth-order valence-electron chi connectivity index (χ4n) is 2.26. The predicted molar refractivity (Wildman–Crippen MR) is 75.8 cm³/mol. The van der Waals surface area contributed by atoms with Crippen LogP contribution in [0, 0.1) is 6.92 Å². The second-order valence-corrected chi connectivity index (χ2v) is 4.95. The second kappa shape index (κ2) is 4.55. The number of aryl methyl sites for hydroxylation is 1. The van der Waals surface area contributed by atoms with Crippen molar-refractivity contribution in [3.8, 4) is 11.3 Å². The van der Waals surface area contributed by atoms with Gasteiger partial charge in [-0.2, -0.15) is 13.2 Å². The number of hydrogen-bond acceptors (Lipinski definition) is 2. The lowest BCUT2D eigenvalue weighted by molar-refractivity contribution is -0.137. The van der Waals surface area contributed by atoms with Gasteiger partial charge >= 0.3 is 6.18 Å². The van der Waals surface area contributed by atoms with E-state index in [9.17, 15) is 13.2 Å². The molecular formula is C16H12F3NO. The summed E-state index contributed by atoms with van der Waals surface area (Å²) < 4.78 is 43.6. The molecule has 0 aliphatic heterocycles. The number of hydrogen-bond donors (Lipinski definition) is 1. The molecular weight excluding hydrogens is 279 g/mol. The first kappa shape index (κ1) is 13.5. The molecule has 0 unspecified atom stereocenters. The summed E-state index contributed by atoms with van der Waals surface area (Å²) in [7, 11) is 0. The highest BCUT2D eigenvalue weighted by molar-refractivity contribution is 5.86. The van der Waals surface area contributed by atoms with Gasteiger partial charge < -0.3 is 10.2 Å². The Balaban J connectivity index is 2.10. The van der Waals surface area contributed by atoms with Crippen LogP contribution in [0.25, 0.3) is 22.3 Å². The van der Waals surface area contributed by atoms with Crippen molar-refractivity contribution in [3.05, 3.63) is 53.6 Å². The van der Waals surface area contributed by atoms with Gasteiger partial charge in [-0.05, 0) is 43.3 Å². The molecule has 0 spiro atoms. The molecule has 2 N–H and O–H groups in total. The average molecular weight is 291 g/mol. The standard InChI is InChI=1S/C16H12F3NO/c1-9-2-5-14-10(6-9)7-15(21-14)12-4-3-11(8-13(12)20)16(17,18)19/h2-8H,20H2,1H3. The van der Waals surface area contributed by atoms with E-state index in [4.69, 9.17) is 10.2 Å². The van der Waals surface area contributed by atoms with Gasteiger partial charge in [-0.25, -0.2) is 0 Å². The number of rotatable bonds is 1. The van der Waals surface area contributed by atoms with Gasteiger partial charge in [-0.3, -0.25) is 0 Å². The van der Waals surface area contributed by atoms with Crippen LogP contribution in [0.15, 0.2) is 46.9 Å². The van der Waals surface area contributed by atoms with Crippen LogP contribution in [0.1, 0.15) is 11.1 Å². The van der Waals surface area contributed by atoms with Crippen molar-refractivity contribution < 1.29 is 17.6 Å². The van der Waals surface area contributed by atoms with Gasteiger partial charge in [0.1, 0.15) is 11.3 Å². The molecule has 1 aromatic heterocycles. The average Bonchev–Trinajstić information content (AvgIpc) is 2.80. The molecule has 0 aliphatic carbocycles. The van der Waals surface area contributed by atoms with Gasteiger partial charge in [0.25, 0.3) is 0 Å². The van der Waals surface area contributed by atoms with Crippen molar-refractivity contribution >= 4 is 16.7 Å². The molecule has 0 amide bonds. The van der Waals surface area contributed by atoms with E-state index >= 15 is 0 Å². The predicted octanol–water partition coefficient (Wildman–Crippen LogP) is 5.01. The highest BCUT2D eigenvalue weighted by Crippen LogP contribution is 2.36. The number of nitrogen functional groups attached to an aromatic ring is 1. The minimum Gasteiger partial charge on any atom is -0.456 e. The van der Waals surface area contributed by atoms with E-state index in [0.717, 1.165) is 23.1 Å². The van der Waals surface area contributed by atoms with Crippen molar-refractivity contribution in [1.29, 1.82) is 0 Å². The zero-order chi connectivity index (χ0) is 15.2. The largest absolute Gasteiger partial charge is 0.456 e. The Kier molecular flexibility index (Phi) is 2.93. The molecule has 21 heavy (non-hydrogen) atoms. The molecule has 2 aromatic carbocycles. The number of nitrogens with two attached hydrogens (primary N) is 1. The molecule has 0 bridgehead atoms. The molecule has 3 rings (SSSR count). The molecule has 108 valence electrons. The van der Waals surface area contributed by atoms with Crippen LogP contribution >= 0.6 is 0 Å². The van der Waals surface area contributed by atoms with Gasteiger partial charge in [0.05, 0.1) is 5.56 Å². The Morgan fingerprint density at radius 3 is 2.43 bits per heavy atom. The van der Waals surface area contributed by atoms with Crippen LogP contribution in [-0.4, -0.2) is 0 Å². The summed E-state index contributed by atoms with van der Waals surface area (Å²) in [4.78, 5) is 0. The summed E-state index contributed by atoms with van der Waals surface area (Å²) in [5.41, 5.74) is 7.23. The fraction of sp³-hybridized carbons (Fsp3) is 0.125. The van der Waals surface area contributed by atoms with Gasteiger partial charge in [0.2, 0.25) is 0 Å². The monoisotopic (exact) mass is 291 g/mol. The first-order valence-corrected chi connectivity index (χ1v) is 6.32. The normalized spacial score (nSPS) is 12.0. The topological polar surface area (TPSA) is 39.2 Å². The number of anilines is 1. The summed E-state index contributed by atoms with van der Waals surface area (Å²) in [5, 5.41) is 0.893. The van der Waals surface area contributed by atoms with Crippen LogP contribution in [0.4, 0.5) is 18.9 Å². The molecule has 0 atom stereocenters. The quantitative estimate of drug-likeness (QED) is 0.640. The van der Waals surface area contributed by atoms with Crippen molar-refractivity contribution in [3.63, 3.8) is 0 Å². The Hall–Kier alpha value is -2.43. The van der Waals surface area contributed by atoms with Crippen molar-refractivity contribution in [2.75, 3.05) is 5.73 Å². The van der Waals surface area contributed by atoms with Gasteiger partial charge in [-0.15, -0.1) is 0 Å². The van der Waals surface area contributed by atoms with E-state index in [1.807, 2.05) is 25.1 Å². The van der Waals surface area contributed by atoms with Crippen LogP contribution in [0.3, 0.4) is 0 Å². The first-order valence-electron chi connectivity index (χ1n) is 6.32. The van der Waals surface area contributed by atoms with Crippen LogP contribution < -0.4 is 5.73 Å². The summed E-state index contributed by atoms with van der Waals surface area (Å²) in [6.07, 6.45) is -4.41. The number of alkyl halides is 3. The summed E-state index contributed by atoms with van der Waals surface area (Å²) in [6, 6.07) is 10.7. The van der Waals surface area contributed by atoms with Crippen molar-refractivity contribution in [2.45, 2.75) is 13.1 Å². The molecule has 0 fully saturated rings. The lowest BCUT2D eigenvalue weighted by Crippen LogP contribution is -2.05. The number of benzene rings is 2. The highest BCUT2D eigenvalue weighted by Gasteiger charge is 2.31. The number of furan rings is 1. The summed E-state index contributed by atoms with van der Waals surface area (Å²) >= 11 is 0. The van der Waals surface area contributed by atoms with E-state index in [2.05, 4.69) is 0 Å². The zero-order valence-corrected chi connectivity index (χ0v) is 11.2. The lowest BCUT2D eigenvalue weighted by atomic mass is 10.1. The van der Waals surface area contributed by atoms with E-state index in [1.165, 1.54) is 6.07 Å². The van der Waals surface area contributed by atoms with E-state index in [0.29, 0.717) is 16.9 Å².